The average molecular weight is 415 g/mol. The molecule has 0 bridgehead atoms. The third-order valence-corrected chi connectivity index (χ3v) is 5.64. The quantitative estimate of drug-likeness (QED) is 0.613. The fraction of sp³-hybridized carbons (Fsp3) is 0.0667. The summed E-state index contributed by atoms with van der Waals surface area (Å²) >= 11 is 12.0. The standard InChI is InChI=1S/C15H9BrClNO2S2/c16-13-6-5-10(20-13)7-12-14(19)22-15(18-12)21-8-9-3-1-2-4-11(9)17/h1-7H,8H2/b12-7-. The van der Waals surface area contributed by atoms with Gasteiger partial charge in [-0.1, -0.05) is 41.6 Å². The first kappa shape index (κ1) is 15.9. The fourth-order valence-corrected chi connectivity index (χ4v) is 4.19. The number of hydrogen-bond acceptors (Lipinski definition) is 5. The van der Waals surface area contributed by atoms with Crippen molar-refractivity contribution in [2.75, 3.05) is 0 Å². The Kier molecular flexibility index (Phi) is 5.13. The zero-order valence-corrected chi connectivity index (χ0v) is 15.1. The fourth-order valence-electron chi connectivity index (χ4n) is 1.75. The van der Waals surface area contributed by atoms with Crippen LogP contribution in [0.1, 0.15) is 11.3 Å². The number of carbonyl (C=O) groups excluding carboxylic acids is 1. The number of rotatable bonds is 3. The second-order valence-corrected chi connectivity index (χ2v) is 7.69. The molecule has 0 saturated carbocycles. The van der Waals surface area contributed by atoms with Crippen LogP contribution in [0.3, 0.4) is 0 Å². The van der Waals surface area contributed by atoms with Crippen molar-refractivity contribution in [1.29, 1.82) is 0 Å². The molecule has 1 aromatic carbocycles. The maximum absolute atomic E-state index is 12.0. The summed E-state index contributed by atoms with van der Waals surface area (Å²) in [5.74, 6) is 1.27. The summed E-state index contributed by atoms with van der Waals surface area (Å²) < 4.78 is 6.70. The van der Waals surface area contributed by atoms with E-state index >= 15 is 0 Å². The van der Waals surface area contributed by atoms with Crippen molar-refractivity contribution in [3.05, 3.63) is 63.1 Å². The third kappa shape index (κ3) is 3.87. The molecule has 0 spiro atoms. The van der Waals surface area contributed by atoms with Gasteiger partial charge in [0.1, 0.15) is 15.8 Å². The van der Waals surface area contributed by atoms with Gasteiger partial charge >= 0.3 is 0 Å². The van der Waals surface area contributed by atoms with E-state index in [1.807, 2.05) is 24.3 Å². The van der Waals surface area contributed by atoms with Gasteiger partial charge in [0.25, 0.3) is 0 Å². The van der Waals surface area contributed by atoms with E-state index in [2.05, 4.69) is 20.9 Å². The Hall–Kier alpha value is -0.950. The summed E-state index contributed by atoms with van der Waals surface area (Å²) in [6.45, 7) is 0. The number of nitrogens with zero attached hydrogens (tertiary/aromatic N) is 1. The summed E-state index contributed by atoms with van der Waals surface area (Å²) in [5.41, 5.74) is 1.42. The van der Waals surface area contributed by atoms with Crippen molar-refractivity contribution < 1.29 is 9.21 Å². The monoisotopic (exact) mass is 413 g/mol. The second kappa shape index (κ2) is 7.08. The van der Waals surface area contributed by atoms with Gasteiger partial charge in [-0.3, -0.25) is 4.79 Å². The molecule has 112 valence electrons. The lowest BCUT2D eigenvalue weighted by molar-refractivity contribution is -0.107. The molecular formula is C15H9BrClNO2S2. The van der Waals surface area contributed by atoms with E-state index in [1.54, 1.807) is 18.2 Å². The first-order chi connectivity index (χ1) is 10.6. The van der Waals surface area contributed by atoms with Gasteiger partial charge in [0.15, 0.2) is 4.67 Å². The van der Waals surface area contributed by atoms with Crippen molar-refractivity contribution in [2.45, 2.75) is 5.75 Å². The number of furan rings is 1. The van der Waals surface area contributed by atoms with Gasteiger partial charge in [-0.25, -0.2) is 4.99 Å². The van der Waals surface area contributed by atoms with Crippen LogP contribution in [-0.4, -0.2) is 9.49 Å². The molecule has 0 unspecified atom stereocenters. The minimum Gasteiger partial charge on any atom is -0.450 e. The first-order valence-corrected chi connectivity index (χ1v) is 9.23. The number of aliphatic imine (C=N–C) groups is 1. The Bertz CT molecular complexity index is 785. The highest BCUT2D eigenvalue weighted by atomic mass is 79.9. The van der Waals surface area contributed by atoms with Gasteiger partial charge in [-0.15, -0.1) is 0 Å². The minimum absolute atomic E-state index is 0.0748. The smallest absolute Gasteiger partial charge is 0.244 e. The molecule has 22 heavy (non-hydrogen) atoms. The molecule has 0 aliphatic carbocycles. The van der Waals surface area contributed by atoms with Crippen LogP contribution in [0.15, 0.2) is 56.2 Å². The maximum atomic E-state index is 12.0. The minimum atomic E-state index is -0.0748. The van der Waals surface area contributed by atoms with E-state index < -0.39 is 0 Å². The number of halogens is 2. The topological polar surface area (TPSA) is 42.6 Å². The number of thioether (sulfide) groups is 2. The predicted molar refractivity (Wildman–Crippen MR) is 97.2 cm³/mol. The van der Waals surface area contributed by atoms with E-state index in [1.165, 1.54) is 11.8 Å². The highest BCUT2D eigenvalue weighted by molar-refractivity contribution is 9.10. The molecule has 2 heterocycles. The molecule has 3 rings (SSSR count). The molecule has 2 aromatic rings. The van der Waals surface area contributed by atoms with Crippen LogP contribution < -0.4 is 0 Å². The third-order valence-electron chi connectivity index (χ3n) is 2.78. The van der Waals surface area contributed by atoms with Crippen molar-refractivity contribution >= 4 is 66.6 Å². The van der Waals surface area contributed by atoms with Crippen LogP contribution in [0.2, 0.25) is 5.02 Å². The van der Waals surface area contributed by atoms with Crippen molar-refractivity contribution in [3.8, 4) is 0 Å². The number of benzene rings is 1. The van der Waals surface area contributed by atoms with Crippen molar-refractivity contribution in [2.24, 2.45) is 4.99 Å². The maximum Gasteiger partial charge on any atom is 0.244 e. The van der Waals surface area contributed by atoms with E-state index in [4.69, 9.17) is 16.0 Å². The Labute approximate surface area is 149 Å². The van der Waals surface area contributed by atoms with E-state index in [0.29, 0.717) is 21.9 Å². The van der Waals surface area contributed by atoms with E-state index in [-0.39, 0.29) is 5.12 Å². The number of hydrogen-bond donors (Lipinski definition) is 0. The van der Waals surface area contributed by atoms with E-state index in [0.717, 1.165) is 26.7 Å². The summed E-state index contributed by atoms with van der Waals surface area (Å²) in [5, 5.41) is 0.648. The Morgan fingerprint density at radius 2 is 2.14 bits per heavy atom. The highest BCUT2D eigenvalue weighted by Gasteiger charge is 2.23. The summed E-state index contributed by atoms with van der Waals surface area (Å²) in [6.07, 6.45) is 1.64. The average Bonchev–Trinajstić information content (AvgIpc) is 3.05. The SMILES string of the molecule is O=C1SC(SCc2ccccc2Cl)=N/C1=C\c1ccc(Br)o1. The molecule has 0 radical (unpaired) electrons. The molecule has 0 fully saturated rings. The van der Waals surface area contributed by atoms with Crippen molar-refractivity contribution in [1.82, 2.24) is 0 Å². The Morgan fingerprint density at radius 1 is 1.32 bits per heavy atom. The Morgan fingerprint density at radius 3 is 2.86 bits per heavy atom. The van der Waals surface area contributed by atoms with Gasteiger partial charge in [0.05, 0.1) is 0 Å². The zero-order valence-electron chi connectivity index (χ0n) is 11.1. The molecule has 0 amide bonds. The summed E-state index contributed by atoms with van der Waals surface area (Å²) in [6, 6.07) is 11.2. The van der Waals surface area contributed by atoms with Crippen LogP contribution in [0.5, 0.6) is 0 Å². The van der Waals surface area contributed by atoms with Crippen molar-refractivity contribution in [3.63, 3.8) is 0 Å². The lowest BCUT2D eigenvalue weighted by atomic mass is 10.2. The normalized spacial score (nSPS) is 16.4. The van der Waals surface area contributed by atoms with E-state index in [9.17, 15) is 4.79 Å². The molecule has 1 aliphatic heterocycles. The molecular weight excluding hydrogens is 406 g/mol. The first-order valence-electron chi connectivity index (χ1n) is 6.26. The van der Waals surface area contributed by atoms with Crippen LogP contribution in [0.4, 0.5) is 0 Å². The molecule has 1 aliphatic rings. The lowest BCUT2D eigenvalue weighted by Gasteiger charge is -2.02. The Balaban J connectivity index is 1.71. The summed E-state index contributed by atoms with van der Waals surface area (Å²) in [7, 11) is 0. The van der Waals surface area contributed by atoms with Gasteiger partial charge in [0.2, 0.25) is 5.12 Å². The van der Waals surface area contributed by atoms with Crippen LogP contribution in [0, 0.1) is 0 Å². The second-order valence-electron chi connectivity index (χ2n) is 4.32. The van der Waals surface area contributed by atoms with Gasteiger partial charge < -0.3 is 4.42 Å². The van der Waals surface area contributed by atoms with Gasteiger partial charge in [-0.2, -0.15) is 0 Å². The van der Waals surface area contributed by atoms with Gasteiger partial charge in [-0.05, 0) is 51.5 Å². The summed E-state index contributed by atoms with van der Waals surface area (Å²) in [4.78, 5) is 16.3. The lowest BCUT2D eigenvalue weighted by Crippen LogP contribution is -1.88. The molecule has 0 N–H and O–H groups in total. The molecule has 0 atom stereocenters. The van der Waals surface area contributed by atoms with Crippen LogP contribution in [-0.2, 0) is 10.5 Å². The van der Waals surface area contributed by atoms with Crippen LogP contribution in [0.25, 0.3) is 6.08 Å². The molecule has 1 aromatic heterocycles. The van der Waals surface area contributed by atoms with Crippen LogP contribution >= 0.6 is 51.1 Å². The molecule has 7 heteroatoms. The highest BCUT2D eigenvalue weighted by Crippen LogP contribution is 2.33. The molecule has 0 saturated heterocycles. The predicted octanol–water partition coefficient (Wildman–Crippen LogP) is 5.60. The molecule has 3 nitrogen and oxygen atoms in total. The number of carbonyl (C=O) groups is 1. The van der Waals surface area contributed by atoms with Gasteiger partial charge in [0, 0.05) is 16.9 Å². The largest absolute Gasteiger partial charge is 0.450 e. The zero-order chi connectivity index (χ0) is 15.5.